The summed E-state index contributed by atoms with van der Waals surface area (Å²) in [5.74, 6) is 0. The van der Waals surface area contributed by atoms with Crippen molar-refractivity contribution in [3.8, 4) is 18.2 Å². The summed E-state index contributed by atoms with van der Waals surface area (Å²) in [5.41, 5.74) is 2.96. The number of anilines is 1. The number of pyridine rings is 1. The number of benzene rings is 2. The minimum atomic E-state index is -0.320. The van der Waals surface area contributed by atoms with E-state index in [0.717, 1.165) is 11.1 Å². The molecule has 0 amide bonds. The quantitative estimate of drug-likeness (QED) is 0.547. The van der Waals surface area contributed by atoms with Crippen molar-refractivity contribution in [1.82, 2.24) is 4.98 Å². The average molecular weight is 339 g/mol. The summed E-state index contributed by atoms with van der Waals surface area (Å²) in [4.78, 5) is 16.2. The first-order chi connectivity index (χ1) is 12.5. The Balaban J connectivity index is 2.35. The summed E-state index contributed by atoms with van der Waals surface area (Å²) in [5, 5.41) is 31.1. The van der Waals surface area contributed by atoms with Crippen molar-refractivity contribution >= 4 is 27.5 Å². The van der Waals surface area contributed by atoms with Crippen molar-refractivity contribution < 1.29 is 0 Å². The molecule has 1 heterocycles. The maximum Gasteiger partial charge on any atom is 0.197 e. The number of nitrogens with zero attached hydrogens (tertiary/aromatic N) is 3. The molecule has 2 N–H and O–H groups in total. The monoisotopic (exact) mass is 339 g/mol. The van der Waals surface area contributed by atoms with Crippen LogP contribution < -0.4 is 10.7 Å². The molecule has 0 unspecified atom stereocenters. The summed E-state index contributed by atoms with van der Waals surface area (Å²) >= 11 is 0. The smallest absolute Gasteiger partial charge is 0.197 e. The molecule has 0 spiro atoms. The molecule has 1 aromatic heterocycles. The number of aromatic amines is 1. The van der Waals surface area contributed by atoms with Crippen LogP contribution in [0.5, 0.6) is 0 Å². The zero-order chi connectivity index (χ0) is 18.8. The summed E-state index contributed by atoms with van der Waals surface area (Å²) in [6.07, 6.45) is 0. The third-order valence-corrected chi connectivity index (χ3v) is 4.12. The molecule has 0 radical (unpaired) electrons. The normalized spacial score (nSPS) is 9.96. The van der Waals surface area contributed by atoms with Crippen LogP contribution >= 0.6 is 0 Å². The molecule has 6 heteroatoms. The van der Waals surface area contributed by atoms with E-state index < -0.39 is 0 Å². The van der Waals surface area contributed by atoms with Gasteiger partial charge in [-0.05, 0) is 43.2 Å². The Kier molecular flexibility index (Phi) is 4.15. The Hall–Kier alpha value is -4.08. The first kappa shape index (κ1) is 16.8. The van der Waals surface area contributed by atoms with Crippen LogP contribution in [0.15, 0.2) is 46.4 Å². The maximum absolute atomic E-state index is 12.9. The summed E-state index contributed by atoms with van der Waals surface area (Å²) in [7, 11) is 0. The van der Waals surface area contributed by atoms with Gasteiger partial charge in [-0.15, -0.1) is 0 Å². The van der Waals surface area contributed by atoms with Crippen LogP contribution in [0, 0.1) is 47.8 Å². The van der Waals surface area contributed by atoms with E-state index in [4.69, 9.17) is 10.5 Å². The molecule has 0 atom stereocenters. The van der Waals surface area contributed by atoms with Gasteiger partial charge in [-0.25, -0.2) is 0 Å². The molecule has 0 aliphatic heterocycles. The van der Waals surface area contributed by atoms with Gasteiger partial charge in [-0.2, -0.15) is 15.8 Å². The Morgan fingerprint density at radius 3 is 2.46 bits per heavy atom. The number of hydrogen-bond acceptors (Lipinski definition) is 5. The third-order valence-electron chi connectivity index (χ3n) is 4.12. The molecule has 0 aliphatic rings. The van der Waals surface area contributed by atoms with Crippen LogP contribution in [0.3, 0.4) is 0 Å². The van der Waals surface area contributed by atoms with Gasteiger partial charge in [-0.3, -0.25) is 4.79 Å². The van der Waals surface area contributed by atoms with E-state index >= 15 is 0 Å². The fraction of sp³-hybridized carbons (Fsp3) is 0.100. The van der Waals surface area contributed by atoms with Crippen LogP contribution in [0.1, 0.15) is 11.1 Å². The Labute approximate surface area is 149 Å². The van der Waals surface area contributed by atoms with Crippen LogP contribution in [-0.4, -0.2) is 4.98 Å². The van der Waals surface area contributed by atoms with E-state index in [9.17, 15) is 10.1 Å². The molecular weight excluding hydrogens is 326 g/mol. The van der Waals surface area contributed by atoms with E-state index in [1.165, 1.54) is 0 Å². The average Bonchev–Trinajstić information content (AvgIpc) is 2.61. The van der Waals surface area contributed by atoms with E-state index in [1.54, 1.807) is 30.3 Å². The molecule has 0 aliphatic carbocycles. The predicted octanol–water partition coefficient (Wildman–Crippen LogP) is 3.53. The number of aryl methyl sites for hydroxylation is 2. The zero-order valence-electron chi connectivity index (χ0n) is 14.1. The van der Waals surface area contributed by atoms with Gasteiger partial charge in [-0.1, -0.05) is 12.1 Å². The Bertz CT molecular complexity index is 1260. The lowest BCUT2D eigenvalue weighted by Crippen LogP contribution is -2.09. The highest BCUT2D eigenvalue weighted by molar-refractivity contribution is 5.99. The van der Waals surface area contributed by atoms with Gasteiger partial charge in [0.25, 0.3) is 0 Å². The maximum atomic E-state index is 12.9. The van der Waals surface area contributed by atoms with Crippen molar-refractivity contribution in [3.05, 3.63) is 63.0 Å². The summed E-state index contributed by atoms with van der Waals surface area (Å²) in [6, 6.07) is 14.1. The molecule has 2 aromatic carbocycles. The highest BCUT2D eigenvalue weighted by atomic mass is 16.1. The van der Waals surface area contributed by atoms with Crippen LogP contribution in [0.4, 0.5) is 5.69 Å². The minimum Gasteiger partial charge on any atom is -0.353 e. The van der Waals surface area contributed by atoms with Gasteiger partial charge < -0.3 is 10.3 Å². The molecule has 124 valence electrons. The standard InChI is InChI=1S/C20H13N5O/c1-11-6-12(2)18-16(7-11)25-19-14(20(18)26)4-3-5-15(19)24-17(10-23)13(8-21)9-22/h3-7,24H,1-2H3,(H,25,26). The molecule has 6 nitrogen and oxygen atoms in total. The molecule has 0 saturated heterocycles. The van der Waals surface area contributed by atoms with Gasteiger partial charge in [0.2, 0.25) is 0 Å². The number of H-pyrrole nitrogens is 1. The molecule has 0 saturated carbocycles. The molecule has 0 bridgehead atoms. The summed E-state index contributed by atoms with van der Waals surface area (Å²) in [6.45, 7) is 3.84. The largest absolute Gasteiger partial charge is 0.353 e. The van der Waals surface area contributed by atoms with Gasteiger partial charge in [0.05, 0.1) is 16.7 Å². The first-order valence-electron chi connectivity index (χ1n) is 7.77. The number of fused-ring (bicyclic) bond motifs is 2. The minimum absolute atomic E-state index is 0.113. The van der Waals surface area contributed by atoms with Gasteiger partial charge in [0.1, 0.15) is 23.9 Å². The lowest BCUT2D eigenvalue weighted by Gasteiger charge is -2.11. The SMILES string of the molecule is Cc1cc(C)c2c(=O)c3cccc(NC(C#N)=C(C#N)C#N)c3[nH]c2c1. The lowest BCUT2D eigenvalue weighted by atomic mass is 10.0. The molecule has 26 heavy (non-hydrogen) atoms. The number of allylic oxidation sites excluding steroid dienone is 2. The number of hydrogen-bond donors (Lipinski definition) is 2. The molecular formula is C20H13N5O. The first-order valence-corrected chi connectivity index (χ1v) is 7.77. The highest BCUT2D eigenvalue weighted by Crippen LogP contribution is 2.25. The Morgan fingerprint density at radius 1 is 1.08 bits per heavy atom. The second-order valence-corrected chi connectivity index (χ2v) is 5.90. The van der Waals surface area contributed by atoms with E-state index in [-0.39, 0.29) is 16.7 Å². The van der Waals surface area contributed by atoms with Crippen LogP contribution in [-0.2, 0) is 0 Å². The number of rotatable bonds is 2. The second-order valence-electron chi connectivity index (χ2n) is 5.90. The van der Waals surface area contributed by atoms with E-state index in [2.05, 4.69) is 10.3 Å². The van der Waals surface area contributed by atoms with Gasteiger partial charge in [0.15, 0.2) is 11.0 Å². The summed E-state index contributed by atoms with van der Waals surface area (Å²) < 4.78 is 0. The topological polar surface area (TPSA) is 116 Å². The van der Waals surface area contributed by atoms with Crippen molar-refractivity contribution in [2.75, 3.05) is 5.32 Å². The van der Waals surface area contributed by atoms with Crippen molar-refractivity contribution in [1.29, 1.82) is 15.8 Å². The van der Waals surface area contributed by atoms with Crippen LogP contribution in [0.25, 0.3) is 21.8 Å². The molecule has 3 aromatic rings. The van der Waals surface area contributed by atoms with Crippen molar-refractivity contribution in [3.63, 3.8) is 0 Å². The van der Waals surface area contributed by atoms with Gasteiger partial charge in [0, 0.05) is 10.8 Å². The lowest BCUT2D eigenvalue weighted by molar-refractivity contribution is 1.36. The third kappa shape index (κ3) is 2.65. The number of aromatic nitrogens is 1. The molecule has 3 rings (SSSR count). The highest BCUT2D eigenvalue weighted by Gasteiger charge is 2.13. The fourth-order valence-electron chi connectivity index (χ4n) is 3.04. The molecule has 0 fully saturated rings. The van der Waals surface area contributed by atoms with Crippen molar-refractivity contribution in [2.45, 2.75) is 13.8 Å². The van der Waals surface area contributed by atoms with E-state index in [1.807, 2.05) is 32.0 Å². The second kappa shape index (κ2) is 6.43. The number of para-hydroxylation sites is 1. The zero-order valence-corrected chi connectivity index (χ0v) is 14.1. The Morgan fingerprint density at radius 2 is 1.81 bits per heavy atom. The van der Waals surface area contributed by atoms with Crippen molar-refractivity contribution in [2.24, 2.45) is 0 Å². The van der Waals surface area contributed by atoms with E-state index in [0.29, 0.717) is 27.5 Å². The predicted molar refractivity (Wildman–Crippen MR) is 99.0 cm³/mol. The van der Waals surface area contributed by atoms with Crippen LogP contribution in [0.2, 0.25) is 0 Å². The number of nitrogens with one attached hydrogen (secondary N) is 2. The number of nitriles is 3. The van der Waals surface area contributed by atoms with Gasteiger partial charge >= 0.3 is 0 Å². The fourth-order valence-corrected chi connectivity index (χ4v) is 3.04.